The summed E-state index contributed by atoms with van der Waals surface area (Å²) in [4.78, 5) is 64.9. The van der Waals surface area contributed by atoms with Crippen LogP contribution < -0.4 is 21.5 Å². The number of benzene rings is 1. The zero-order chi connectivity index (χ0) is 31.0. The molecule has 4 rings (SSSR count). The van der Waals surface area contributed by atoms with Crippen LogP contribution in [0.3, 0.4) is 0 Å². The van der Waals surface area contributed by atoms with Gasteiger partial charge in [0.25, 0.3) is 5.56 Å². The number of hydrogen-bond donors (Lipinski definition) is 9. The lowest BCUT2D eigenvalue weighted by Gasteiger charge is -2.21. The Morgan fingerprint density at radius 1 is 1.17 bits per heavy atom. The first-order valence-electron chi connectivity index (χ1n) is 11.4. The molecule has 230 valence electrons. The largest absolute Gasteiger partial charge is 0.480 e. The number of anilines is 2. The Morgan fingerprint density at radius 2 is 1.86 bits per heavy atom. The van der Waals surface area contributed by atoms with Gasteiger partial charge < -0.3 is 45.2 Å². The van der Waals surface area contributed by atoms with Crippen LogP contribution in [0.25, 0.3) is 11.2 Å². The minimum atomic E-state index is -5.69. The average molecular weight is 655 g/mol. The van der Waals surface area contributed by atoms with Gasteiger partial charge in [0, 0.05) is 12.7 Å². The number of para-hydroxylation sites is 1. The minimum Gasteiger partial charge on any atom is -0.387 e. The fourth-order valence-electron chi connectivity index (χ4n) is 3.80. The summed E-state index contributed by atoms with van der Waals surface area (Å²) in [7, 11) is -15.3. The number of rotatable bonds is 11. The molecule has 21 nitrogen and oxygen atoms in total. The van der Waals surface area contributed by atoms with E-state index in [-0.39, 0.29) is 28.4 Å². The summed E-state index contributed by atoms with van der Waals surface area (Å²) >= 11 is 0. The van der Waals surface area contributed by atoms with E-state index in [9.17, 15) is 48.2 Å². The van der Waals surface area contributed by atoms with E-state index in [0.717, 1.165) is 15.8 Å². The van der Waals surface area contributed by atoms with Crippen molar-refractivity contribution in [3.8, 4) is 0 Å². The van der Waals surface area contributed by atoms with Crippen molar-refractivity contribution in [2.24, 2.45) is 0 Å². The molecule has 0 bridgehead atoms. The number of imidazole rings is 1. The first kappa shape index (κ1) is 31.9. The number of nitrogens with two attached hydrogens (primary N) is 1. The van der Waals surface area contributed by atoms with E-state index in [1.54, 1.807) is 6.07 Å². The smallest absolute Gasteiger partial charge is 0.387 e. The lowest BCUT2D eigenvalue weighted by atomic mass is 10.1. The molecule has 7 atom stereocenters. The van der Waals surface area contributed by atoms with Gasteiger partial charge in [0.2, 0.25) is 5.95 Å². The van der Waals surface area contributed by atoms with Crippen LogP contribution in [0.1, 0.15) is 16.6 Å². The van der Waals surface area contributed by atoms with E-state index >= 15 is 0 Å². The van der Waals surface area contributed by atoms with Gasteiger partial charge in [-0.3, -0.25) is 18.9 Å². The highest BCUT2D eigenvalue weighted by Crippen LogP contribution is 2.62. The molecule has 42 heavy (non-hydrogen) atoms. The number of nitrogens with zero attached hydrogens (tertiary/aromatic N) is 3. The molecule has 0 amide bonds. The molecular formula is C18H24N7O14P3. The Morgan fingerprint density at radius 3 is 2.55 bits per heavy atom. The van der Waals surface area contributed by atoms with Gasteiger partial charge in [0.05, 0.1) is 18.5 Å². The van der Waals surface area contributed by atoms with E-state index in [0.29, 0.717) is 0 Å². The number of aromatic amines is 1. The van der Waals surface area contributed by atoms with Crippen LogP contribution in [0.15, 0.2) is 35.4 Å². The van der Waals surface area contributed by atoms with Gasteiger partial charge in [-0.15, -0.1) is 4.86 Å². The fourth-order valence-corrected chi connectivity index (χ4v) is 7.68. The highest BCUT2D eigenvalue weighted by atomic mass is 31.3. The number of hydrogen-bond acceptors (Lipinski definition) is 15. The normalized spacial score (nSPS) is 24.9. The summed E-state index contributed by atoms with van der Waals surface area (Å²) in [6.45, 7) is -1.03. The van der Waals surface area contributed by atoms with Crippen molar-refractivity contribution in [1.29, 1.82) is 0 Å². The van der Waals surface area contributed by atoms with Crippen LogP contribution in [-0.4, -0.2) is 82.3 Å². The Kier molecular flexibility index (Phi) is 9.06. The van der Waals surface area contributed by atoms with E-state index in [4.69, 9.17) is 10.5 Å². The maximum absolute atomic E-state index is 12.3. The molecule has 24 heteroatoms. The van der Waals surface area contributed by atoms with Crippen LogP contribution in [0.2, 0.25) is 0 Å². The quantitative estimate of drug-likeness (QED) is 0.113. The molecule has 1 aromatic carbocycles. The van der Waals surface area contributed by atoms with Gasteiger partial charge in [0.1, 0.15) is 18.3 Å². The van der Waals surface area contributed by atoms with Gasteiger partial charge in [-0.25, -0.2) is 23.5 Å². The number of nitrogens with one attached hydrogen (secondary N) is 3. The molecular weight excluding hydrogens is 631 g/mol. The summed E-state index contributed by atoms with van der Waals surface area (Å²) in [6, 6.07) is 5.61. The first-order valence-corrected chi connectivity index (χ1v) is 16.1. The van der Waals surface area contributed by atoms with Gasteiger partial charge >= 0.3 is 29.3 Å². The molecule has 1 aliphatic rings. The number of aliphatic hydroxyl groups is 2. The van der Waals surface area contributed by atoms with Crippen LogP contribution >= 0.6 is 23.3 Å². The van der Waals surface area contributed by atoms with E-state index in [1.165, 1.54) is 25.2 Å². The number of ether oxygens (including phenoxy) is 1. The van der Waals surface area contributed by atoms with Gasteiger partial charge in [-0.1, -0.05) is 12.1 Å². The van der Waals surface area contributed by atoms with Crippen LogP contribution in [0.4, 0.5) is 11.6 Å². The lowest BCUT2D eigenvalue weighted by molar-refractivity contribution is -0.0501. The predicted octanol–water partition coefficient (Wildman–Crippen LogP) is -0.856. The van der Waals surface area contributed by atoms with E-state index in [1.807, 2.05) is 0 Å². The second-order valence-corrected chi connectivity index (χ2v) is 13.4. The minimum absolute atomic E-state index is 0.124. The Hall–Kier alpha value is -3.03. The first-order chi connectivity index (χ1) is 19.5. The summed E-state index contributed by atoms with van der Waals surface area (Å²) in [5.74, 6) is -1.68. The topological polar surface area (TPSA) is 320 Å². The van der Waals surface area contributed by atoms with Crippen LogP contribution in [0.5, 0.6) is 0 Å². The zero-order valence-corrected chi connectivity index (χ0v) is 23.8. The lowest BCUT2D eigenvalue weighted by Crippen LogP contribution is -2.33. The van der Waals surface area contributed by atoms with E-state index < -0.39 is 66.0 Å². The third-order valence-corrected chi connectivity index (χ3v) is 10.2. The summed E-state index contributed by atoms with van der Waals surface area (Å²) in [5, 5.41) is 23.4. The van der Waals surface area contributed by atoms with Gasteiger partial charge in [-0.05, 0) is 12.1 Å². The number of aromatic nitrogens is 4. The number of H-pyrrole nitrogens is 1. The molecule has 1 fully saturated rings. The highest BCUT2D eigenvalue weighted by molar-refractivity contribution is 7.71. The van der Waals surface area contributed by atoms with Crippen molar-refractivity contribution >= 4 is 52.1 Å². The fraction of sp³-hybridized carbons (Fsp3) is 0.333. The Labute approximate surface area is 234 Å². The number of carbonyl (C=O) groups excluding carboxylic acids is 1. The number of fused-ring (bicyclic) bond motifs is 1. The zero-order valence-electron chi connectivity index (χ0n) is 21.1. The van der Waals surface area contributed by atoms with E-state index in [2.05, 4.69) is 33.6 Å². The van der Waals surface area contributed by atoms with Crippen molar-refractivity contribution in [1.82, 2.24) is 24.4 Å². The van der Waals surface area contributed by atoms with Crippen molar-refractivity contribution in [3.63, 3.8) is 0 Å². The van der Waals surface area contributed by atoms with Crippen molar-refractivity contribution in [3.05, 3.63) is 46.5 Å². The molecule has 0 spiro atoms. The van der Waals surface area contributed by atoms with Crippen molar-refractivity contribution < 1.29 is 61.5 Å². The second kappa shape index (κ2) is 11.9. The maximum atomic E-state index is 12.3. The highest BCUT2D eigenvalue weighted by Gasteiger charge is 2.47. The van der Waals surface area contributed by atoms with Gasteiger partial charge in [0.15, 0.2) is 17.4 Å². The summed E-state index contributed by atoms with van der Waals surface area (Å²) in [5.41, 5.74) is 4.50. The number of phosphoric acid groups is 1. The monoisotopic (exact) mass is 655 g/mol. The average Bonchev–Trinajstić information content (AvgIpc) is 3.41. The molecule has 3 unspecified atom stereocenters. The van der Waals surface area contributed by atoms with Crippen molar-refractivity contribution in [2.45, 2.75) is 24.5 Å². The SMILES string of the molecule is CNc1ccccc1C(=O)OP(=O)(O)NP(=O)(O)OP(=O)(O)OC[C@H]1O[C@@H](n2cnc3c(=O)[nH]c(N)nc32)[C@H](O)[C@@H]1O. The molecule has 10 N–H and O–H groups in total. The molecule has 1 saturated heterocycles. The summed E-state index contributed by atoms with van der Waals surface area (Å²) < 4.78 is 56.4. The molecule has 3 aromatic rings. The number of phosphoric ester groups is 1. The molecule has 1 aliphatic heterocycles. The predicted molar refractivity (Wildman–Crippen MR) is 140 cm³/mol. The maximum Gasteiger partial charge on any atom is 0.480 e. The number of nitrogen functional groups attached to an aromatic ring is 1. The Balaban J connectivity index is 1.38. The molecule has 3 heterocycles. The number of aliphatic hydroxyl groups excluding tert-OH is 2. The third kappa shape index (κ3) is 7.12. The molecule has 0 radical (unpaired) electrons. The van der Waals surface area contributed by atoms with Crippen molar-refractivity contribution in [2.75, 3.05) is 24.7 Å². The Bertz CT molecular complexity index is 1700. The molecule has 0 saturated carbocycles. The number of carbonyl (C=O) groups is 1. The van der Waals surface area contributed by atoms with Crippen LogP contribution in [0, 0.1) is 0 Å². The standard InChI is InChI=1S/C18H24N7O14P3/c1-20-9-5-3-2-4-8(9)17(29)38-40(30,31)24-41(32,33)39-42(34,35)36-6-10-12(26)13(27)16(37-10)25-7-21-11-14(25)22-18(19)23-15(11)28/h2-5,7,10,12-13,16,20,26-27H,6H2,1H3,(H,34,35)(H3,19,22,23,28)(H3,24,30,31,32,33)/t10-,12-,13-,16-/m1/s1. The molecule has 2 aromatic heterocycles. The second-order valence-electron chi connectivity index (χ2n) is 8.48. The van der Waals surface area contributed by atoms with Gasteiger partial charge in [-0.2, -0.15) is 9.29 Å². The molecule has 0 aliphatic carbocycles. The third-order valence-electron chi connectivity index (χ3n) is 5.55. The van der Waals surface area contributed by atoms with Crippen LogP contribution in [-0.2, 0) is 31.8 Å². The summed E-state index contributed by atoms with van der Waals surface area (Å²) in [6.07, 6.45) is -5.44.